The van der Waals surface area contributed by atoms with E-state index in [2.05, 4.69) is 15.3 Å². The fraction of sp³-hybridized carbons (Fsp3) is 0.0833. The fourth-order valence-electron chi connectivity index (χ4n) is 1.39. The van der Waals surface area contributed by atoms with Crippen molar-refractivity contribution in [3.8, 4) is 0 Å². The number of nitrogens with one attached hydrogen (secondary N) is 1. The predicted octanol–water partition coefficient (Wildman–Crippen LogP) is 1.62. The summed E-state index contributed by atoms with van der Waals surface area (Å²) in [5, 5.41) is 2.67. The maximum Gasteiger partial charge on any atom is 0.260 e. The topological polar surface area (TPSA) is 80.9 Å². The molecule has 0 aliphatic heterocycles. The molecule has 1 amide bonds. The number of hydrogen-bond donors (Lipinski definition) is 2. The largest absolute Gasteiger partial charge is 0.398 e. The molecule has 2 heterocycles. The first-order chi connectivity index (χ1) is 8.16. The summed E-state index contributed by atoms with van der Waals surface area (Å²) >= 11 is 0. The molecule has 0 saturated carbocycles. The lowest BCUT2D eigenvalue weighted by atomic mass is 10.2. The van der Waals surface area contributed by atoms with Crippen molar-refractivity contribution in [3.63, 3.8) is 0 Å². The van der Waals surface area contributed by atoms with E-state index in [1.54, 1.807) is 12.1 Å². The Balaban J connectivity index is 2.20. The summed E-state index contributed by atoms with van der Waals surface area (Å²) in [6, 6.07) is 6.98. The molecule has 0 radical (unpaired) electrons. The third-order valence-corrected chi connectivity index (χ3v) is 2.23. The average Bonchev–Trinajstić information content (AvgIpc) is 2.29. The highest BCUT2D eigenvalue weighted by Gasteiger charge is 2.10. The Bertz CT molecular complexity index is 554. The number of nitrogens with zero attached hydrogens (tertiary/aromatic N) is 2. The molecule has 2 aromatic heterocycles. The summed E-state index contributed by atoms with van der Waals surface area (Å²) in [4.78, 5) is 19.9. The van der Waals surface area contributed by atoms with Gasteiger partial charge in [0.1, 0.15) is 5.82 Å². The average molecular weight is 228 g/mol. The number of carbonyl (C=O) groups excluding carboxylic acids is 1. The maximum atomic E-state index is 11.9. The lowest BCUT2D eigenvalue weighted by Gasteiger charge is -2.06. The Kier molecular flexibility index (Phi) is 3.00. The third-order valence-electron chi connectivity index (χ3n) is 2.23. The minimum absolute atomic E-state index is 0.311. The van der Waals surface area contributed by atoms with Crippen molar-refractivity contribution < 1.29 is 4.79 Å². The number of nitrogens with two attached hydrogens (primary N) is 1. The van der Waals surface area contributed by atoms with E-state index in [-0.39, 0.29) is 5.91 Å². The second-order valence-corrected chi connectivity index (χ2v) is 3.58. The highest BCUT2D eigenvalue weighted by atomic mass is 16.1. The van der Waals surface area contributed by atoms with Crippen LogP contribution in [0.2, 0.25) is 0 Å². The zero-order chi connectivity index (χ0) is 12.3. The minimum Gasteiger partial charge on any atom is -0.398 e. The normalized spacial score (nSPS) is 9.94. The van der Waals surface area contributed by atoms with Crippen LogP contribution in [0.1, 0.15) is 16.1 Å². The van der Waals surface area contributed by atoms with Gasteiger partial charge in [-0.15, -0.1) is 0 Å². The maximum absolute atomic E-state index is 11.9. The van der Waals surface area contributed by atoms with E-state index in [1.165, 1.54) is 12.4 Å². The van der Waals surface area contributed by atoms with Gasteiger partial charge in [-0.05, 0) is 25.1 Å². The van der Waals surface area contributed by atoms with Crippen molar-refractivity contribution in [1.82, 2.24) is 9.97 Å². The van der Waals surface area contributed by atoms with Gasteiger partial charge in [-0.2, -0.15) is 0 Å². The van der Waals surface area contributed by atoms with E-state index < -0.39 is 0 Å². The van der Waals surface area contributed by atoms with Gasteiger partial charge in [0.15, 0.2) is 0 Å². The molecule has 0 saturated heterocycles. The number of rotatable bonds is 2. The van der Waals surface area contributed by atoms with Crippen molar-refractivity contribution >= 4 is 17.4 Å². The first-order valence-corrected chi connectivity index (χ1v) is 5.11. The van der Waals surface area contributed by atoms with Gasteiger partial charge in [0.25, 0.3) is 5.91 Å². The SMILES string of the molecule is Cc1cccc(NC(=O)c2cnccc2N)n1. The molecule has 17 heavy (non-hydrogen) atoms. The number of nitrogen functional groups attached to an aromatic ring is 1. The van der Waals surface area contributed by atoms with Crippen LogP contribution in [0, 0.1) is 6.92 Å². The van der Waals surface area contributed by atoms with Crippen molar-refractivity contribution in [3.05, 3.63) is 47.9 Å². The predicted molar refractivity (Wildman–Crippen MR) is 65.6 cm³/mol. The van der Waals surface area contributed by atoms with E-state index in [9.17, 15) is 4.79 Å². The minimum atomic E-state index is -0.311. The summed E-state index contributed by atoms with van der Waals surface area (Å²) < 4.78 is 0. The van der Waals surface area contributed by atoms with Crippen LogP contribution in [0.25, 0.3) is 0 Å². The lowest BCUT2D eigenvalue weighted by Crippen LogP contribution is -2.15. The van der Waals surface area contributed by atoms with Crippen LogP contribution in [-0.4, -0.2) is 15.9 Å². The Hall–Kier alpha value is -2.43. The Morgan fingerprint density at radius 1 is 1.35 bits per heavy atom. The second-order valence-electron chi connectivity index (χ2n) is 3.58. The summed E-state index contributed by atoms with van der Waals surface area (Å²) in [6.07, 6.45) is 2.97. The molecule has 0 aromatic carbocycles. The zero-order valence-electron chi connectivity index (χ0n) is 9.34. The molecule has 0 fully saturated rings. The van der Waals surface area contributed by atoms with Gasteiger partial charge in [0.05, 0.1) is 5.56 Å². The highest BCUT2D eigenvalue weighted by Crippen LogP contribution is 2.11. The number of anilines is 2. The summed E-state index contributed by atoms with van der Waals surface area (Å²) in [6.45, 7) is 1.86. The molecular weight excluding hydrogens is 216 g/mol. The van der Waals surface area contributed by atoms with Crippen LogP contribution in [0.15, 0.2) is 36.7 Å². The number of hydrogen-bond acceptors (Lipinski definition) is 4. The lowest BCUT2D eigenvalue weighted by molar-refractivity contribution is 0.102. The van der Waals surface area contributed by atoms with Crippen molar-refractivity contribution in [1.29, 1.82) is 0 Å². The van der Waals surface area contributed by atoms with Crippen molar-refractivity contribution in [2.24, 2.45) is 0 Å². The zero-order valence-corrected chi connectivity index (χ0v) is 9.34. The Morgan fingerprint density at radius 2 is 2.18 bits per heavy atom. The number of aryl methyl sites for hydroxylation is 1. The van der Waals surface area contributed by atoms with E-state index >= 15 is 0 Å². The number of amides is 1. The smallest absolute Gasteiger partial charge is 0.260 e. The quantitative estimate of drug-likeness (QED) is 0.818. The standard InChI is InChI=1S/C12H12N4O/c1-8-3-2-4-11(15-8)16-12(17)9-7-14-6-5-10(9)13/h2-7H,1H3,(H2,13,14)(H,15,16,17). The monoisotopic (exact) mass is 228 g/mol. The molecule has 2 rings (SSSR count). The molecule has 3 N–H and O–H groups in total. The van der Waals surface area contributed by atoms with Gasteiger partial charge in [0.2, 0.25) is 0 Å². The van der Waals surface area contributed by atoms with Crippen LogP contribution in [0.4, 0.5) is 11.5 Å². The number of aromatic nitrogens is 2. The van der Waals surface area contributed by atoms with E-state index in [4.69, 9.17) is 5.73 Å². The van der Waals surface area contributed by atoms with Gasteiger partial charge in [-0.25, -0.2) is 4.98 Å². The Morgan fingerprint density at radius 3 is 2.88 bits per heavy atom. The summed E-state index contributed by atoms with van der Waals surface area (Å²) in [5.74, 6) is 0.187. The molecule has 0 spiro atoms. The van der Waals surface area contributed by atoms with Crippen LogP contribution in [0.5, 0.6) is 0 Å². The van der Waals surface area contributed by atoms with Gasteiger partial charge < -0.3 is 11.1 Å². The van der Waals surface area contributed by atoms with Crippen molar-refractivity contribution in [2.45, 2.75) is 6.92 Å². The third kappa shape index (κ3) is 2.57. The van der Waals surface area contributed by atoms with Gasteiger partial charge in [0, 0.05) is 23.8 Å². The molecule has 0 aliphatic rings. The van der Waals surface area contributed by atoms with Crippen LogP contribution >= 0.6 is 0 Å². The molecule has 5 nitrogen and oxygen atoms in total. The first kappa shape index (κ1) is 11.1. The molecule has 86 valence electrons. The molecule has 0 aliphatic carbocycles. The first-order valence-electron chi connectivity index (χ1n) is 5.11. The van der Waals surface area contributed by atoms with Crippen LogP contribution < -0.4 is 11.1 Å². The van der Waals surface area contributed by atoms with Crippen LogP contribution in [0.3, 0.4) is 0 Å². The molecule has 0 atom stereocenters. The van der Waals surface area contributed by atoms with E-state index in [0.717, 1.165) is 5.69 Å². The van der Waals surface area contributed by atoms with Gasteiger partial charge >= 0.3 is 0 Å². The molecule has 5 heteroatoms. The summed E-state index contributed by atoms with van der Waals surface area (Å²) in [5.41, 5.74) is 7.26. The summed E-state index contributed by atoms with van der Waals surface area (Å²) in [7, 11) is 0. The van der Waals surface area contributed by atoms with E-state index in [1.807, 2.05) is 19.1 Å². The molecular formula is C12H12N4O. The van der Waals surface area contributed by atoms with E-state index in [0.29, 0.717) is 17.1 Å². The number of carbonyl (C=O) groups is 1. The number of pyridine rings is 2. The fourth-order valence-corrected chi connectivity index (χ4v) is 1.39. The van der Waals surface area contributed by atoms with Crippen molar-refractivity contribution in [2.75, 3.05) is 11.1 Å². The molecule has 0 unspecified atom stereocenters. The van der Waals surface area contributed by atoms with Gasteiger partial charge in [-0.3, -0.25) is 9.78 Å². The molecule has 0 bridgehead atoms. The molecule has 2 aromatic rings. The Labute approximate surface area is 98.7 Å². The highest BCUT2D eigenvalue weighted by molar-refractivity contribution is 6.06. The second kappa shape index (κ2) is 4.61. The van der Waals surface area contributed by atoms with Crippen LogP contribution in [-0.2, 0) is 0 Å². The van der Waals surface area contributed by atoms with Gasteiger partial charge in [-0.1, -0.05) is 6.07 Å².